The Morgan fingerprint density at radius 1 is 1.56 bits per heavy atom. The molecule has 5 heteroatoms. The maximum atomic E-state index is 13.7. The van der Waals surface area contributed by atoms with Crippen LogP contribution in [0.1, 0.15) is 20.3 Å². The SMILES string of the molecule is CC(C)CC1CN=C(Nc2ccc(Br)cc2F)S1. The van der Waals surface area contributed by atoms with Gasteiger partial charge in [0, 0.05) is 9.72 Å². The Kier molecular flexibility index (Phi) is 4.67. The Bertz CT molecular complexity index is 462. The van der Waals surface area contributed by atoms with Gasteiger partial charge >= 0.3 is 0 Å². The van der Waals surface area contributed by atoms with Crippen LogP contribution >= 0.6 is 27.7 Å². The van der Waals surface area contributed by atoms with Crippen LogP contribution in [0.3, 0.4) is 0 Å². The van der Waals surface area contributed by atoms with Gasteiger partial charge in [-0.3, -0.25) is 4.99 Å². The predicted molar refractivity (Wildman–Crippen MR) is 80.9 cm³/mol. The molecule has 0 amide bonds. The lowest BCUT2D eigenvalue weighted by atomic mass is 10.1. The molecular formula is C13H16BrFN2S. The van der Waals surface area contributed by atoms with E-state index in [9.17, 15) is 4.39 Å². The zero-order chi connectivity index (χ0) is 13.1. The number of hydrogen-bond donors (Lipinski definition) is 1. The van der Waals surface area contributed by atoms with E-state index < -0.39 is 0 Å². The number of rotatable bonds is 3. The van der Waals surface area contributed by atoms with E-state index in [0.29, 0.717) is 16.9 Å². The van der Waals surface area contributed by atoms with E-state index >= 15 is 0 Å². The minimum Gasteiger partial charge on any atom is -0.333 e. The zero-order valence-electron chi connectivity index (χ0n) is 10.4. The number of anilines is 1. The van der Waals surface area contributed by atoms with Crippen molar-refractivity contribution >= 4 is 38.5 Å². The number of halogens is 2. The standard InChI is InChI=1S/C13H16BrFN2S/c1-8(2)5-10-7-16-13(18-10)17-12-4-3-9(14)6-11(12)15/h3-4,6,8,10H,5,7H2,1-2H3,(H,16,17). The number of amidine groups is 1. The Morgan fingerprint density at radius 3 is 3.00 bits per heavy atom. The zero-order valence-corrected chi connectivity index (χ0v) is 12.8. The van der Waals surface area contributed by atoms with E-state index in [1.807, 2.05) is 6.07 Å². The van der Waals surface area contributed by atoms with Crippen LogP contribution in [0.15, 0.2) is 27.7 Å². The molecule has 98 valence electrons. The molecular weight excluding hydrogens is 315 g/mol. The predicted octanol–water partition coefficient (Wildman–Crippen LogP) is 4.52. The first-order chi connectivity index (χ1) is 8.54. The van der Waals surface area contributed by atoms with Gasteiger partial charge in [-0.25, -0.2) is 4.39 Å². The van der Waals surface area contributed by atoms with Crippen LogP contribution in [0, 0.1) is 11.7 Å². The van der Waals surface area contributed by atoms with Gasteiger partial charge in [0.05, 0.1) is 12.2 Å². The first-order valence-electron chi connectivity index (χ1n) is 5.98. The molecule has 18 heavy (non-hydrogen) atoms. The van der Waals surface area contributed by atoms with Crippen LogP contribution in [-0.2, 0) is 0 Å². The van der Waals surface area contributed by atoms with E-state index in [4.69, 9.17) is 0 Å². The highest BCUT2D eigenvalue weighted by Crippen LogP contribution is 2.28. The third kappa shape index (κ3) is 3.72. The molecule has 1 N–H and O–H groups in total. The Hall–Kier alpha value is -0.550. The Balaban J connectivity index is 1.95. The van der Waals surface area contributed by atoms with Crippen molar-refractivity contribution in [3.05, 3.63) is 28.5 Å². The van der Waals surface area contributed by atoms with Gasteiger partial charge in [0.1, 0.15) is 5.82 Å². The minimum absolute atomic E-state index is 0.264. The molecule has 2 rings (SSSR count). The second-order valence-corrected chi connectivity index (χ2v) is 6.97. The van der Waals surface area contributed by atoms with Gasteiger partial charge < -0.3 is 5.32 Å². The Labute approximate surface area is 120 Å². The van der Waals surface area contributed by atoms with E-state index in [-0.39, 0.29) is 5.82 Å². The van der Waals surface area contributed by atoms with Gasteiger partial charge in [-0.15, -0.1) is 0 Å². The van der Waals surface area contributed by atoms with Crippen molar-refractivity contribution in [3.63, 3.8) is 0 Å². The second kappa shape index (κ2) is 6.06. The molecule has 1 unspecified atom stereocenters. The largest absolute Gasteiger partial charge is 0.333 e. The summed E-state index contributed by atoms with van der Waals surface area (Å²) in [6.07, 6.45) is 1.14. The van der Waals surface area contributed by atoms with Crippen LogP contribution < -0.4 is 5.32 Å². The molecule has 0 spiro atoms. The first-order valence-corrected chi connectivity index (χ1v) is 7.65. The normalized spacial score (nSPS) is 19.2. The lowest BCUT2D eigenvalue weighted by molar-refractivity contribution is 0.575. The summed E-state index contributed by atoms with van der Waals surface area (Å²) in [7, 11) is 0. The van der Waals surface area contributed by atoms with Gasteiger partial charge in [0.2, 0.25) is 0 Å². The highest BCUT2D eigenvalue weighted by atomic mass is 79.9. The quantitative estimate of drug-likeness (QED) is 0.881. The number of nitrogens with one attached hydrogen (secondary N) is 1. The lowest BCUT2D eigenvalue weighted by Gasteiger charge is -2.11. The molecule has 0 radical (unpaired) electrons. The van der Waals surface area contributed by atoms with Crippen molar-refractivity contribution in [1.82, 2.24) is 0 Å². The molecule has 0 bridgehead atoms. The van der Waals surface area contributed by atoms with Crippen molar-refractivity contribution in [1.29, 1.82) is 0 Å². The van der Waals surface area contributed by atoms with Crippen LogP contribution in [0.2, 0.25) is 0 Å². The van der Waals surface area contributed by atoms with E-state index in [1.54, 1.807) is 17.8 Å². The number of benzene rings is 1. The average Bonchev–Trinajstić information content (AvgIpc) is 2.69. The smallest absolute Gasteiger partial charge is 0.161 e. The summed E-state index contributed by atoms with van der Waals surface area (Å²) < 4.78 is 14.4. The van der Waals surface area contributed by atoms with Crippen molar-refractivity contribution in [2.24, 2.45) is 10.9 Å². The highest BCUT2D eigenvalue weighted by Gasteiger charge is 2.21. The van der Waals surface area contributed by atoms with E-state index in [0.717, 1.165) is 22.6 Å². The second-order valence-electron chi connectivity index (χ2n) is 4.76. The maximum Gasteiger partial charge on any atom is 0.161 e. The summed E-state index contributed by atoms with van der Waals surface area (Å²) in [5.74, 6) is 0.404. The molecule has 0 aromatic heterocycles. The van der Waals surface area contributed by atoms with Gasteiger partial charge in [-0.05, 0) is 30.5 Å². The average molecular weight is 331 g/mol. The van der Waals surface area contributed by atoms with Gasteiger partial charge in [-0.2, -0.15) is 0 Å². The summed E-state index contributed by atoms with van der Waals surface area (Å²) in [5, 5.41) is 4.40. The van der Waals surface area contributed by atoms with Crippen LogP contribution in [-0.4, -0.2) is 17.0 Å². The summed E-state index contributed by atoms with van der Waals surface area (Å²) in [6, 6.07) is 4.99. The molecule has 1 atom stereocenters. The van der Waals surface area contributed by atoms with Crippen molar-refractivity contribution in [3.8, 4) is 0 Å². The minimum atomic E-state index is -0.264. The third-order valence-corrected chi connectivity index (χ3v) is 4.25. The summed E-state index contributed by atoms with van der Waals surface area (Å²) >= 11 is 4.95. The topological polar surface area (TPSA) is 24.4 Å². The monoisotopic (exact) mass is 330 g/mol. The molecule has 1 aliphatic heterocycles. The molecule has 1 aliphatic rings. The molecule has 1 aromatic rings. The molecule has 1 aromatic carbocycles. The van der Waals surface area contributed by atoms with Crippen molar-refractivity contribution < 1.29 is 4.39 Å². The molecule has 0 saturated carbocycles. The summed E-state index contributed by atoms with van der Waals surface area (Å²) in [5.41, 5.74) is 0.481. The van der Waals surface area contributed by atoms with E-state index in [1.165, 1.54) is 6.07 Å². The first kappa shape index (κ1) is 13.9. The van der Waals surface area contributed by atoms with Crippen molar-refractivity contribution in [2.75, 3.05) is 11.9 Å². The van der Waals surface area contributed by atoms with Crippen LogP contribution in [0.25, 0.3) is 0 Å². The molecule has 0 saturated heterocycles. The highest BCUT2D eigenvalue weighted by molar-refractivity contribution is 9.10. The fourth-order valence-electron chi connectivity index (χ4n) is 1.84. The molecule has 0 fully saturated rings. The summed E-state index contributed by atoms with van der Waals surface area (Å²) in [4.78, 5) is 4.42. The fraction of sp³-hybridized carbons (Fsp3) is 0.462. The number of aliphatic imine (C=N–C) groups is 1. The number of nitrogens with zero attached hydrogens (tertiary/aromatic N) is 1. The summed E-state index contributed by atoms with van der Waals surface area (Å²) in [6.45, 7) is 5.24. The fourth-order valence-corrected chi connectivity index (χ4v) is 3.44. The third-order valence-electron chi connectivity index (χ3n) is 2.62. The van der Waals surface area contributed by atoms with Gasteiger partial charge in [0.15, 0.2) is 5.17 Å². The number of hydrogen-bond acceptors (Lipinski definition) is 3. The molecule has 2 nitrogen and oxygen atoms in total. The number of thioether (sulfide) groups is 1. The molecule has 0 aliphatic carbocycles. The maximum absolute atomic E-state index is 13.7. The van der Waals surface area contributed by atoms with Crippen molar-refractivity contribution in [2.45, 2.75) is 25.5 Å². The van der Waals surface area contributed by atoms with Crippen LogP contribution in [0.4, 0.5) is 10.1 Å². The Morgan fingerprint density at radius 2 is 2.33 bits per heavy atom. The van der Waals surface area contributed by atoms with Gasteiger partial charge in [-0.1, -0.05) is 41.5 Å². The van der Waals surface area contributed by atoms with Crippen LogP contribution in [0.5, 0.6) is 0 Å². The molecule has 1 heterocycles. The van der Waals surface area contributed by atoms with E-state index in [2.05, 4.69) is 40.1 Å². The van der Waals surface area contributed by atoms with Gasteiger partial charge in [0.25, 0.3) is 0 Å². The lowest BCUT2D eigenvalue weighted by Crippen LogP contribution is -2.10.